The van der Waals surface area contributed by atoms with E-state index in [4.69, 9.17) is 23.4 Å². The van der Waals surface area contributed by atoms with Crippen molar-refractivity contribution in [1.29, 1.82) is 0 Å². The van der Waals surface area contributed by atoms with Crippen LogP contribution in [0.2, 0.25) is 0 Å². The van der Waals surface area contributed by atoms with E-state index in [2.05, 4.69) is 57.7 Å². The molecular formula is C16H11I2NO2S2. The van der Waals surface area contributed by atoms with E-state index in [1.54, 1.807) is 11.0 Å². The number of hydrogen-bond donors (Lipinski definition) is 0. The van der Waals surface area contributed by atoms with Crippen LogP contribution in [0.15, 0.2) is 29.7 Å². The van der Waals surface area contributed by atoms with Crippen LogP contribution in [0.1, 0.15) is 5.56 Å². The predicted molar refractivity (Wildman–Crippen MR) is 116 cm³/mol. The van der Waals surface area contributed by atoms with Gasteiger partial charge in [0.2, 0.25) is 0 Å². The molecule has 1 saturated heterocycles. The standard InChI is InChI=1S/C16H11I2NO2S2/c1-3-5-19-15(20)13(23-16(19)22)9-10-7-11(17)14(12(18)8-10)21-6-4-2/h2-3,7-9H,1,5-6H2/b13-9+. The molecule has 0 aromatic heterocycles. The van der Waals surface area contributed by atoms with Crippen molar-refractivity contribution in [2.24, 2.45) is 0 Å². The Morgan fingerprint density at radius 2 is 2.09 bits per heavy atom. The lowest BCUT2D eigenvalue weighted by molar-refractivity contribution is -0.121. The van der Waals surface area contributed by atoms with Gasteiger partial charge in [0, 0.05) is 6.54 Å². The van der Waals surface area contributed by atoms with E-state index in [0.29, 0.717) is 15.8 Å². The Bertz CT molecular complexity index is 730. The molecule has 0 radical (unpaired) electrons. The number of hydrogen-bond acceptors (Lipinski definition) is 4. The summed E-state index contributed by atoms with van der Waals surface area (Å²) >= 11 is 10.9. The normalized spacial score (nSPS) is 15.9. The molecule has 0 bridgehead atoms. The van der Waals surface area contributed by atoms with Gasteiger partial charge in [-0.2, -0.15) is 0 Å². The van der Waals surface area contributed by atoms with Crippen LogP contribution >= 0.6 is 69.2 Å². The number of terminal acetylenes is 1. The number of carbonyl (C=O) groups excluding carboxylic acids is 1. The fourth-order valence-electron chi connectivity index (χ4n) is 1.85. The van der Waals surface area contributed by atoms with Gasteiger partial charge in [-0.25, -0.2) is 0 Å². The van der Waals surface area contributed by atoms with E-state index in [9.17, 15) is 4.79 Å². The maximum Gasteiger partial charge on any atom is 0.266 e. The average Bonchev–Trinajstić information content (AvgIpc) is 2.74. The van der Waals surface area contributed by atoms with Crippen molar-refractivity contribution in [3.05, 3.63) is 42.4 Å². The summed E-state index contributed by atoms with van der Waals surface area (Å²) in [5, 5.41) is 0. The van der Waals surface area contributed by atoms with Gasteiger partial charge in [0.05, 0.1) is 12.0 Å². The van der Waals surface area contributed by atoms with Crippen LogP contribution in [0.4, 0.5) is 0 Å². The van der Waals surface area contributed by atoms with Crippen molar-refractivity contribution in [2.45, 2.75) is 0 Å². The van der Waals surface area contributed by atoms with E-state index in [1.165, 1.54) is 11.8 Å². The lowest BCUT2D eigenvalue weighted by atomic mass is 10.2. The molecule has 0 atom stereocenters. The second-order valence-electron chi connectivity index (χ2n) is 4.39. The molecule has 1 fully saturated rings. The Hall–Kier alpha value is -0.570. The first-order valence-electron chi connectivity index (χ1n) is 6.39. The van der Waals surface area contributed by atoms with Gasteiger partial charge in [0.1, 0.15) is 16.7 Å². The number of ether oxygens (including phenoxy) is 1. The van der Waals surface area contributed by atoms with E-state index in [0.717, 1.165) is 18.5 Å². The Balaban J connectivity index is 2.30. The molecule has 1 amide bonds. The van der Waals surface area contributed by atoms with Crippen LogP contribution in [-0.2, 0) is 4.79 Å². The van der Waals surface area contributed by atoms with Crippen LogP contribution in [0.5, 0.6) is 5.75 Å². The minimum atomic E-state index is -0.0856. The average molecular weight is 567 g/mol. The highest BCUT2D eigenvalue weighted by Crippen LogP contribution is 2.34. The summed E-state index contributed by atoms with van der Waals surface area (Å²) in [5.74, 6) is 3.13. The minimum Gasteiger partial charge on any atom is -0.479 e. The highest BCUT2D eigenvalue weighted by molar-refractivity contribution is 14.1. The Labute approximate surface area is 172 Å². The quantitative estimate of drug-likeness (QED) is 0.175. The zero-order valence-electron chi connectivity index (χ0n) is 11.8. The molecule has 1 aliphatic heterocycles. The smallest absolute Gasteiger partial charge is 0.266 e. The summed E-state index contributed by atoms with van der Waals surface area (Å²) in [7, 11) is 0. The third-order valence-electron chi connectivity index (χ3n) is 2.80. The van der Waals surface area contributed by atoms with E-state index in [-0.39, 0.29) is 12.5 Å². The topological polar surface area (TPSA) is 29.5 Å². The summed E-state index contributed by atoms with van der Waals surface area (Å²) in [4.78, 5) is 14.5. The Morgan fingerprint density at radius 3 is 2.65 bits per heavy atom. The molecule has 3 nitrogen and oxygen atoms in total. The lowest BCUT2D eigenvalue weighted by Crippen LogP contribution is -2.27. The number of rotatable bonds is 5. The van der Waals surface area contributed by atoms with Crippen LogP contribution < -0.4 is 4.74 Å². The van der Waals surface area contributed by atoms with Crippen LogP contribution in [0.25, 0.3) is 6.08 Å². The molecule has 23 heavy (non-hydrogen) atoms. The molecule has 2 rings (SSSR count). The minimum absolute atomic E-state index is 0.0856. The second-order valence-corrected chi connectivity index (χ2v) is 8.39. The molecule has 7 heteroatoms. The van der Waals surface area contributed by atoms with E-state index >= 15 is 0 Å². The largest absolute Gasteiger partial charge is 0.479 e. The van der Waals surface area contributed by atoms with Gasteiger partial charge >= 0.3 is 0 Å². The summed E-state index contributed by atoms with van der Waals surface area (Å²) in [6, 6.07) is 3.91. The number of carbonyl (C=O) groups is 1. The maximum atomic E-state index is 12.3. The Morgan fingerprint density at radius 1 is 1.43 bits per heavy atom. The van der Waals surface area contributed by atoms with Crippen LogP contribution in [0, 0.1) is 19.5 Å². The number of nitrogens with zero attached hydrogens (tertiary/aromatic N) is 1. The van der Waals surface area contributed by atoms with Crippen molar-refractivity contribution < 1.29 is 9.53 Å². The highest BCUT2D eigenvalue weighted by atomic mass is 127. The third-order valence-corrected chi connectivity index (χ3v) is 5.78. The third kappa shape index (κ3) is 4.49. The molecule has 1 aliphatic rings. The highest BCUT2D eigenvalue weighted by Gasteiger charge is 2.31. The van der Waals surface area contributed by atoms with Crippen molar-refractivity contribution in [3.8, 4) is 18.1 Å². The first kappa shape index (κ1) is 18.8. The van der Waals surface area contributed by atoms with Gasteiger partial charge in [-0.05, 0) is 69.0 Å². The van der Waals surface area contributed by atoms with Gasteiger partial charge in [-0.3, -0.25) is 9.69 Å². The zero-order chi connectivity index (χ0) is 17.0. The fourth-order valence-corrected chi connectivity index (χ4v) is 5.26. The molecule has 1 aromatic rings. The zero-order valence-corrected chi connectivity index (χ0v) is 17.8. The summed E-state index contributed by atoms with van der Waals surface area (Å²) in [5.41, 5.74) is 0.922. The van der Waals surface area contributed by atoms with Crippen molar-refractivity contribution in [2.75, 3.05) is 13.2 Å². The van der Waals surface area contributed by atoms with Gasteiger partial charge < -0.3 is 4.74 Å². The SMILES string of the molecule is C#CCOc1c(I)cc(/C=C2/SC(=S)N(CC=C)C2=O)cc1I. The van der Waals surface area contributed by atoms with E-state index < -0.39 is 0 Å². The van der Waals surface area contributed by atoms with Crippen LogP contribution in [0.3, 0.4) is 0 Å². The number of thiocarbonyl (C=S) groups is 1. The number of amides is 1. The molecule has 0 aliphatic carbocycles. The van der Waals surface area contributed by atoms with Crippen molar-refractivity contribution in [3.63, 3.8) is 0 Å². The molecule has 1 aromatic carbocycles. The molecule has 0 unspecified atom stereocenters. The molecule has 0 saturated carbocycles. The fraction of sp³-hybridized carbons (Fsp3) is 0.125. The first-order chi connectivity index (χ1) is 11.0. The Kier molecular flexibility index (Phi) is 6.94. The van der Waals surface area contributed by atoms with Gasteiger partial charge in [0.25, 0.3) is 5.91 Å². The second kappa shape index (κ2) is 8.50. The summed E-state index contributed by atoms with van der Waals surface area (Å²) < 4.78 is 7.98. The van der Waals surface area contributed by atoms with Gasteiger partial charge in [-0.15, -0.1) is 13.0 Å². The number of halogens is 2. The maximum absolute atomic E-state index is 12.3. The van der Waals surface area contributed by atoms with Gasteiger partial charge in [0.15, 0.2) is 0 Å². The summed E-state index contributed by atoms with van der Waals surface area (Å²) in [6.45, 7) is 4.30. The number of thioether (sulfide) groups is 1. The predicted octanol–water partition coefficient (Wildman–Crippen LogP) is 4.30. The molecule has 0 N–H and O–H groups in total. The number of benzene rings is 1. The van der Waals surface area contributed by atoms with Gasteiger partial charge in [-0.1, -0.05) is 36.0 Å². The first-order valence-corrected chi connectivity index (χ1v) is 9.77. The molecule has 0 spiro atoms. The molecular weight excluding hydrogens is 556 g/mol. The lowest BCUT2D eigenvalue weighted by Gasteiger charge is -2.10. The van der Waals surface area contributed by atoms with Crippen molar-refractivity contribution >= 4 is 85.5 Å². The van der Waals surface area contributed by atoms with Crippen LogP contribution in [-0.4, -0.2) is 28.3 Å². The van der Waals surface area contributed by atoms with Crippen molar-refractivity contribution in [1.82, 2.24) is 4.90 Å². The molecule has 1 heterocycles. The summed E-state index contributed by atoms with van der Waals surface area (Å²) in [6.07, 6.45) is 8.74. The monoisotopic (exact) mass is 567 g/mol. The molecule has 118 valence electrons. The van der Waals surface area contributed by atoms with E-state index in [1.807, 2.05) is 18.2 Å².